The molecule has 84 valence electrons. The van der Waals surface area contributed by atoms with Gasteiger partial charge in [0.2, 0.25) is 0 Å². The third kappa shape index (κ3) is 4.68. The van der Waals surface area contributed by atoms with Gasteiger partial charge >= 0.3 is 0 Å². The van der Waals surface area contributed by atoms with E-state index in [1.54, 1.807) is 0 Å². The topological polar surface area (TPSA) is 26.0 Å². The van der Waals surface area contributed by atoms with Crippen LogP contribution >= 0.6 is 44.3 Å². The van der Waals surface area contributed by atoms with Crippen LogP contribution in [0, 0.1) is 0 Å². The van der Waals surface area contributed by atoms with Gasteiger partial charge < -0.3 is 5.73 Å². The minimum Gasteiger partial charge on any atom is -0.324 e. The number of halogens is 3. The molecule has 0 fully saturated rings. The Bertz CT molecular complexity index is 352. The fourth-order valence-electron chi connectivity index (χ4n) is 1.24. The van der Waals surface area contributed by atoms with Crippen molar-refractivity contribution in [3.8, 4) is 0 Å². The van der Waals surface area contributed by atoms with Crippen LogP contribution in [0.25, 0.3) is 0 Å². The predicted octanol–water partition coefficient (Wildman–Crippen LogP) is 4.60. The molecule has 1 aromatic rings. The van der Waals surface area contributed by atoms with E-state index in [1.807, 2.05) is 25.1 Å². The molecular weight excluding hydrogens is 341 g/mol. The van der Waals surface area contributed by atoms with E-state index < -0.39 is 0 Å². The first-order valence-electron chi connectivity index (χ1n) is 4.35. The molecular formula is C11H14Br2ClN. The number of hydrogen-bond donors (Lipinski definition) is 1. The lowest BCUT2D eigenvalue weighted by Crippen LogP contribution is -2.10. The fourth-order valence-corrected chi connectivity index (χ4v) is 1.88. The first kappa shape index (κ1) is 15.2. The van der Waals surface area contributed by atoms with Crippen LogP contribution in [0.5, 0.6) is 0 Å². The van der Waals surface area contributed by atoms with Gasteiger partial charge in [0.1, 0.15) is 0 Å². The van der Waals surface area contributed by atoms with Gasteiger partial charge in [-0.1, -0.05) is 11.6 Å². The maximum Gasteiger partial charge on any atom is 0.0332 e. The van der Waals surface area contributed by atoms with Gasteiger partial charge in [0.05, 0.1) is 0 Å². The molecule has 0 aliphatic heterocycles. The zero-order valence-electron chi connectivity index (χ0n) is 8.47. The second-order valence-electron chi connectivity index (χ2n) is 3.44. The first-order valence-corrected chi connectivity index (χ1v) is 5.94. The van der Waals surface area contributed by atoms with E-state index in [2.05, 4.69) is 38.4 Å². The van der Waals surface area contributed by atoms with Crippen molar-refractivity contribution in [1.29, 1.82) is 0 Å². The SMILES string of the molecule is C=C(C)C[C@@H](N)c1ccc(Br)c(Br)c1.Cl. The van der Waals surface area contributed by atoms with Crippen LogP contribution in [0.2, 0.25) is 0 Å². The Morgan fingerprint density at radius 2 is 2.00 bits per heavy atom. The van der Waals surface area contributed by atoms with E-state index in [1.165, 1.54) is 0 Å². The first-order chi connectivity index (χ1) is 6.50. The summed E-state index contributed by atoms with van der Waals surface area (Å²) in [6.45, 7) is 5.85. The van der Waals surface area contributed by atoms with Crippen LogP contribution in [0.3, 0.4) is 0 Å². The van der Waals surface area contributed by atoms with Crippen molar-refractivity contribution >= 4 is 44.3 Å². The normalized spacial score (nSPS) is 11.7. The minimum atomic E-state index is 0. The van der Waals surface area contributed by atoms with E-state index in [4.69, 9.17) is 5.73 Å². The molecule has 0 saturated heterocycles. The zero-order chi connectivity index (χ0) is 10.7. The lowest BCUT2D eigenvalue weighted by molar-refractivity contribution is 0.716. The fraction of sp³-hybridized carbons (Fsp3) is 0.273. The molecule has 15 heavy (non-hydrogen) atoms. The van der Waals surface area contributed by atoms with Crippen molar-refractivity contribution in [3.63, 3.8) is 0 Å². The van der Waals surface area contributed by atoms with Crippen LogP contribution in [-0.2, 0) is 0 Å². The van der Waals surface area contributed by atoms with Gasteiger partial charge in [-0.3, -0.25) is 0 Å². The van der Waals surface area contributed by atoms with Gasteiger partial charge in [-0.15, -0.1) is 19.0 Å². The van der Waals surface area contributed by atoms with Crippen LogP contribution in [0.15, 0.2) is 39.3 Å². The Morgan fingerprint density at radius 1 is 1.40 bits per heavy atom. The molecule has 0 bridgehead atoms. The largest absolute Gasteiger partial charge is 0.324 e. The Kier molecular flexibility index (Phi) is 6.76. The molecule has 0 saturated carbocycles. The maximum absolute atomic E-state index is 6.02. The molecule has 0 spiro atoms. The Hall–Kier alpha value is 0.170. The lowest BCUT2D eigenvalue weighted by atomic mass is 10.0. The molecule has 2 N–H and O–H groups in total. The molecule has 0 unspecified atom stereocenters. The number of rotatable bonds is 3. The summed E-state index contributed by atoms with van der Waals surface area (Å²) in [7, 11) is 0. The van der Waals surface area contributed by atoms with Crippen LogP contribution in [0.1, 0.15) is 24.9 Å². The molecule has 0 radical (unpaired) electrons. The van der Waals surface area contributed by atoms with Crippen molar-refractivity contribution in [1.82, 2.24) is 0 Å². The molecule has 0 amide bonds. The smallest absolute Gasteiger partial charge is 0.0332 e. The molecule has 1 nitrogen and oxygen atoms in total. The third-order valence-corrected chi connectivity index (χ3v) is 3.82. The summed E-state index contributed by atoms with van der Waals surface area (Å²) in [5, 5.41) is 0. The number of benzene rings is 1. The zero-order valence-corrected chi connectivity index (χ0v) is 12.5. The highest BCUT2D eigenvalue weighted by Gasteiger charge is 2.07. The summed E-state index contributed by atoms with van der Waals surface area (Å²) < 4.78 is 2.08. The van der Waals surface area contributed by atoms with Crippen LogP contribution in [0.4, 0.5) is 0 Å². The van der Waals surface area contributed by atoms with E-state index in [-0.39, 0.29) is 18.4 Å². The molecule has 0 aromatic heterocycles. The van der Waals surface area contributed by atoms with Gasteiger partial charge in [-0.05, 0) is 62.9 Å². The Labute approximate surface area is 114 Å². The summed E-state index contributed by atoms with van der Waals surface area (Å²) >= 11 is 6.88. The van der Waals surface area contributed by atoms with Gasteiger partial charge in [0.25, 0.3) is 0 Å². The highest BCUT2D eigenvalue weighted by molar-refractivity contribution is 9.13. The molecule has 0 aliphatic rings. The lowest BCUT2D eigenvalue weighted by Gasteiger charge is -2.12. The quantitative estimate of drug-likeness (QED) is 0.788. The van der Waals surface area contributed by atoms with Crippen molar-refractivity contribution in [2.45, 2.75) is 19.4 Å². The van der Waals surface area contributed by atoms with Gasteiger partial charge in [-0.25, -0.2) is 0 Å². The highest BCUT2D eigenvalue weighted by Crippen LogP contribution is 2.27. The molecule has 1 atom stereocenters. The van der Waals surface area contributed by atoms with Crippen LogP contribution in [-0.4, -0.2) is 0 Å². The molecule has 4 heteroatoms. The summed E-state index contributed by atoms with van der Waals surface area (Å²) in [6, 6.07) is 6.11. The summed E-state index contributed by atoms with van der Waals surface area (Å²) in [6.07, 6.45) is 0.827. The molecule has 0 aliphatic carbocycles. The molecule has 1 aromatic carbocycles. The number of nitrogens with two attached hydrogens (primary N) is 1. The van der Waals surface area contributed by atoms with E-state index >= 15 is 0 Å². The van der Waals surface area contributed by atoms with Crippen molar-refractivity contribution in [2.75, 3.05) is 0 Å². The summed E-state index contributed by atoms with van der Waals surface area (Å²) in [5.41, 5.74) is 8.25. The summed E-state index contributed by atoms with van der Waals surface area (Å²) in [5.74, 6) is 0. The maximum atomic E-state index is 6.02. The second-order valence-corrected chi connectivity index (χ2v) is 5.15. The van der Waals surface area contributed by atoms with Gasteiger partial charge in [0.15, 0.2) is 0 Å². The Morgan fingerprint density at radius 3 is 2.47 bits per heavy atom. The van der Waals surface area contributed by atoms with E-state index in [0.29, 0.717) is 0 Å². The summed E-state index contributed by atoms with van der Waals surface area (Å²) in [4.78, 5) is 0. The van der Waals surface area contributed by atoms with Gasteiger partial charge in [-0.2, -0.15) is 0 Å². The highest BCUT2D eigenvalue weighted by atomic mass is 79.9. The Balaban J connectivity index is 0.00000196. The van der Waals surface area contributed by atoms with E-state index in [9.17, 15) is 0 Å². The molecule has 0 heterocycles. The molecule has 1 rings (SSSR count). The van der Waals surface area contributed by atoms with E-state index in [0.717, 1.165) is 26.5 Å². The van der Waals surface area contributed by atoms with Crippen molar-refractivity contribution in [2.24, 2.45) is 5.73 Å². The van der Waals surface area contributed by atoms with Crippen LogP contribution < -0.4 is 5.73 Å². The standard InChI is InChI=1S/C11H13Br2N.ClH/c1-7(2)5-11(14)8-3-4-9(12)10(13)6-8;/h3-4,6,11H,1,5,14H2,2H3;1H/t11-;/m1./s1. The minimum absolute atomic E-state index is 0. The van der Waals surface area contributed by atoms with Crippen molar-refractivity contribution < 1.29 is 0 Å². The monoisotopic (exact) mass is 353 g/mol. The number of hydrogen-bond acceptors (Lipinski definition) is 1. The third-order valence-electron chi connectivity index (χ3n) is 1.94. The second kappa shape index (κ2) is 6.69. The van der Waals surface area contributed by atoms with Crippen molar-refractivity contribution in [3.05, 3.63) is 44.9 Å². The average molecular weight is 356 g/mol. The predicted molar refractivity (Wildman–Crippen MR) is 75.4 cm³/mol. The average Bonchev–Trinajstić information content (AvgIpc) is 2.08. The van der Waals surface area contributed by atoms with Gasteiger partial charge in [0, 0.05) is 15.0 Å².